The second kappa shape index (κ2) is 4.67. The first-order chi connectivity index (χ1) is 7.08. The lowest BCUT2D eigenvalue weighted by atomic mass is 10.2. The number of rotatable bonds is 1. The number of amides is 3. The van der Waals surface area contributed by atoms with Gasteiger partial charge in [-0.15, -0.1) is 0 Å². The molecule has 0 heterocycles. The average Bonchev–Trinajstić information content (AvgIpc) is 2.16. The zero-order valence-corrected chi connectivity index (χ0v) is 7.78. The van der Waals surface area contributed by atoms with Gasteiger partial charge in [-0.2, -0.15) is 0 Å². The number of carbonyl (C=O) groups is 2. The standard InChI is InChI=1S/C10H9N3O2/c11-9(14)6-3-7-1-4-8(5-2-7)13-10(12)15/h1-2,4-5H,(H2,11,14)(H3,12,13,15). The molecule has 0 fully saturated rings. The van der Waals surface area contributed by atoms with Crippen LogP contribution in [0.15, 0.2) is 24.3 Å². The van der Waals surface area contributed by atoms with E-state index in [-0.39, 0.29) is 0 Å². The van der Waals surface area contributed by atoms with Crippen molar-refractivity contribution in [2.45, 2.75) is 0 Å². The minimum absolute atomic E-state index is 0.562. The zero-order valence-electron chi connectivity index (χ0n) is 7.78. The van der Waals surface area contributed by atoms with Crippen LogP contribution in [0.5, 0.6) is 0 Å². The van der Waals surface area contributed by atoms with Crippen molar-refractivity contribution in [3.63, 3.8) is 0 Å². The van der Waals surface area contributed by atoms with E-state index in [0.29, 0.717) is 11.3 Å². The summed E-state index contributed by atoms with van der Waals surface area (Å²) in [4.78, 5) is 20.9. The first-order valence-corrected chi connectivity index (χ1v) is 4.06. The summed E-state index contributed by atoms with van der Waals surface area (Å²) in [6.45, 7) is 0. The molecule has 0 bridgehead atoms. The third-order valence-electron chi connectivity index (χ3n) is 1.48. The fourth-order valence-corrected chi connectivity index (χ4v) is 0.913. The van der Waals surface area contributed by atoms with Gasteiger partial charge in [0, 0.05) is 11.3 Å². The first-order valence-electron chi connectivity index (χ1n) is 4.06. The van der Waals surface area contributed by atoms with Crippen molar-refractivity contribution < 1.29 is 9.59 Å². The Labute approximate surface area is 86.4 Å². The third kappa shape index (κ3) is 3.83. The monoisotopic (exact) mass is 203 g/mol. The zero-order chi connectivity index (χ0) is 11.3. The lowest BCUT2D eigenvalue weighted by molar-refractivity contribution is -0.112. The molecule has 1 rings (SSSR count). The first kappa shape index (κ1) is 10.6. The predicted octanol–water partition coefficient (Wildman–Crippen LogP) is 0.0140. The Kier molecular flexibility index (Phi) is 3.30. The van der Waals surface area contributed by atoms with Gasteiger partial charge in [-0.05, 0) is 30.2 Å². The van der Waals surface area contributed by atoms with E-state index in [4.69, 9.17) is 11.5 Å². The maximum absolute atomic E-state index is 10.5. The summed E-state index contributed by atoms with van der Waals surface area (Å²) in [7, 11) is 0. The number of nitrogens with one attached hydrogen (secondary N) is 1. The van der Waals surface area contributed by atoms with Crippen molar-refractivity contribution in [1.29, 1.82) is 0 Å². The summed E-state index contributed by atoms with van der Waals surface area (Å²) in [5.74, 6) is 4.07. The maximum Gasteiger partial charge on any atom is 0.316 e. The Morgan fingerprint density at radius 1 is 1.13 bits per heavy atom. The van der Waals surface area contributed by atoms with E-state index in [0.717, 1.165) is 0 Å². The van der Waals surface area contributed by atoms with Crippen LogP contribution in [-0.4, -0.2) is 11.9 Å². The van der Waals surface area contributed by atoms with Crippen molar-refractivity contribution >= 4 is 17.6 Å². The molecular formula is C10H9N3O2. The Bertz CT molecular complexity index is 440. The summed E-state index contributed by atoms with van der Waals surface area (Å²) >= 11 is 0. The fourth-order valence-electron chi connectivity index (χ4n) is 0.913. The van der Waals surface area contributed by atoms with Crippen LogP contribution in [0.4, 0.5) is 10.5 Å². The minimum Gasteiger partial charge on any atom is -0.359 e. The molecule has 1 aromatic carbocycles. The van der Waals surface area contributed by atoms with E-state index in [1.807, 2.05) is 0 Å². The van der Waals surface area contributed by atoms with Crippen molar-refractivity contribution in [2.75, 3.05) is 5.32 Å². The molecule has 5 N–H and O–H groups in total. The van der Waals surface area contributed by atoms with Crippen LogP contribution in [0.3, 0.4) is 0 Å². The molecule has 1 aromatic rings. The van der Waals surface area contributed by atoms with Crippen LogP contribution in [0, 0.1) is 11.8 Å². The lowest BCUT2D eigenvalue weighted by Gasteiger charge is -2.00. The van der Waals surface area contributed by atoms with Crippen molar-refractivity contribution in [3.8, 4) is 11.8 Å². The lowest BCUT2D eigenvalue weighted by Crippen LogP contribution is -2.19. The number of anilines is 1. The molecule has 0 saturated carbocycles. The van der Waals surface area contributed by atoms with Crippen LogP contribution < -0.4 is 16.8 Å². The molecule has 0 aliphatic rings. The van der Waals surface area contributed by atoms with Crippen LogP contribution in [0.1, 0.15) is 5.56 Å². The van der Waals surface area contributed by atoms with Gasteiger partial charge in [-0.25, -0.2) is 4.79 Å². The minimum atomic E-state index is -0.686. The van der Waals surface area contributed by atoms with E-state index in [9.17, 15) is 9.59 Å². The molecule has 0 saturated heterocycles. The van der Waals surface area contributed by atoms with Gasteiger partial charge in [-0.3, -0.25) is 4.79 Å². The molecule has 5 heteroatoms. The van der Waals surface area contributed by atoms with Gasteiger partial charge in [0.15, 0.2) is 0 Å². The van der Waals surface area contributed by atoms with E-state index in [2.05, 4.69) is 17.2 Å². The number of hydrogen-bond acceptors (Lipinski definition) is 2. The normalized spacial score (nSPS) is 8.53. The summed E-state index contributed by atoms with van der Waals surface area (Å²) < 4.78 is 0. The molecule has 0 aliphatic heterocycles. The van der Waals surface area contributed by atoms with Gasteiger partial charge >= 0.3 is 6.03 Å². The van der Waals surface area contributed by atoms with E-state index in [1.165, 1.54) is 0 Å². The predicted molar refractivity (Wildman–Crippen MR) is 55.7 cm³/mol. The second-order valence-electron chi connectivity index (χ2n) is 2.68. The van der Waals surface area contributed by atoms with E-state index >= 15 is 0 Å². The summed E-state index contributed by atoms with van der Waals surface area (Å²) in [5.41, 5.74) is 11.0. The molecule has 15 heavy (non-hydrogen) atoms. The molecule has 0 spiro atoms. The highest BCUT2D eigenvalue weighted by Gasteiger charge is 1.94. The quantitative estimate of drug-likeness (QED) is 0.560. The molecule has 0 atom stereocenters. The van der Waals surface area contributed by atoms with Gasteiger partial charge in [0.1, 0.15) is 0 Å². The largest absolute Gasteiger partial charge is 0.359 e. The smallest absolute Gasteiger partial charge is 0.316 e. The van der Waals surface area contributed by atoms with Crippen molar-refractivity contribution in [3.05, 3.63) is 29.8 Å². The van der Waals surface area contributed by atoms with Crippen LogP contribution in [0.2, 0.25) is 0 Å². The molecule has 76 valence electrons. The molecule has 0 unspecified atom stereocenters. The summed E-state index contributed by atoms with van der Waals surface area (Å²) in [6.07, 6.45) is 0. The van der Waals surface area contributed by atoms with E-state index < -0.39 is 11.9 Å². The summed E-state index contributed by atoms with van der Waals surface area (Å²) in [5, 5.41) is 2.40. The fraction of sp³-hybridized carbons (Fsp3) is 0. The van der Waals surface area contributed by atoms with Gasteiger partial charge in [-0.1, -0.05) is 5.92 Å². The second-order valence-corrected chi connectivity index (χ2v) is 2.68. The Morgan fingerprint density at radius 3 is 2.20 bits per heavy atom. The van der Waals surface area contributed by atoms with Crippen molar-refractivity contribution in [2.24, 2.45) is 11.5 Å². The average molecular weight is 203 g/mol. The molecule has 0 aromatic heterocycles. The van der Waals surface area contributed by atoms with Crippen LogP contribution in [0.25, 0.3) is 0 Å². The number of hydrogen-bond donors (Lipinski definition) is 3. The maximum atomic E-state index is 10.5. The molecule has 0 aliphatic carbocycles. The number of primary amides is 2. The van der Waals surface area contributed by atoms with Gasteiger partial charge in [0.25, 0.3) is 5.91 Å². The SMILES string of the molecule is NC(=O)C#Cc1ccc(NC(N)=O)cc1. The van der Waals surface area contributed by atoms with Crippen LogP contribution in [-0.2, 0) is 4.79 Å². The highest BCUT2D eigenvalue weighted by molar-refractivity contribution is 5.92. The molecule has 5 nitrogen and oxygen atoms in total. The highest BCUT2D eigenvalue weighted by Crippen LogP contribution is 2.07. The van der Waals surface area contributed by atoms with Crippen molar-refractivity contribution in [1.82, 2.24) is 0 Å². The Hall–Kier alpha value is -2.48. The molecule has 0 radical (unpaired) electrons. The van der Waals surface area contributed by atoms with E-state index in [1.54, 1.807) is 24.3 Å². The molecular weight excluding hydrogens is 194 g/mol. The number of urea groups is 1. The molecule has 3 amide bonds. The third-order valence-corrected chi connectivity index (χ3v) is 1.48. The van der Waals surface area contributed by atoms with Gasteiger partial charge < -0.3 is 16.8 Å². The number of nitrogens with two attached hydrogens (primary N) is 2. The Balaban J connectivity index is 2.78. The van der Waals surface area contributed by atoms with Gasteiger partial charge in [0.05, 0.1) is 0 Å². The van der Waals surface area contributed by atoms with Crippen LogP contribution >= 0.6 is 0 Å². The Morgan fingerprint density at radius 2 is 1.73 bits per heavy atom. The number of carbonyl (C=O) groups excluding carboxylic acids is 2. The van der Waals surface area contributed by atoms with Gasteiger partial charge in [0.2, 0.25) is 0 Å². The number of benzene rings is 1. The summed E-state index contributed by atoms with van der Waals surface area (Å²) in [6, 6.07) is 5.89. The highest BCUT2D eigenvalue weighted by atomic mass is 16.2. The topological polar surface area (TPSA) is 98.2 Å².